The largest absolute Gasteiger partial charge is 0.466 e. The number of aliphatic hydroxyl groups is 2. The van der Waals surface area contributed by atoms with E-state index in [0.717, 1.165) is 19.4 Å². The van der Waals surface area contributed by atoms with Gasteiger partial charge in [-0.2, -0.15) is 0 Å². The molecule has 0 amide bonds. The van der Waals surface area contributed by atoms with Crippen LogP contribution in [0.2, 0.25) is 0 Å². The van der Waals surface area contributed by atoms with Crippen molar-refractivity contribution in [3.05, 3.63) is 0 Å². The van der Waals surface area contributed by atoms with Crippen LogP contribution >= 0.6 is 0 Å². The third kappa shape index (κ3) is 9.65. The Hall–Kier alpha value is -0.650. The van der Waals surface area contributed by atoms with Gasteiger partial charge in [0.05, 0.1) is 19.1 Å². The first-order chi connectivity index (χ1) is 7.20. The van der Waals surface area contributed by atoms with Crippen LogP contribution in [0, 0.1) is 0 Å². The average molecular weight is 219 g/mol. The molecular weight excluding hydrogens is 198 g/mol. The maximum atomic E-state index is 10.9. The number of aliphatic hydroxyl groups excluding tert-OH is 2. The summed E-state index contributed by atoms with van der Waals surface area (Å²) in [7, 11) is 0. The zero-order valence-corrected chi connectivity index (χ0v) is 9.24. The van der Waals surface area contributed by atoms with Gasteiger partial charge in [0.25, 0.3) is 0 Å². The maximum absolute atomic E-state index is 10.9. The summed E-state index contributed by atoms with van der Waals surface area (Å²) in [4.78, 5) is 10.9. The van der Waals surface area contributed by atoms with Crippen LogP contribution in [0.4, 0.5) is 0 Å². The van der Waals surface area contributed by atoms with Crippen molar-refractivity contribution in [1.29, 1.82) is 0 Å². The first-order valence-electron chi connectivity index (χ1n) is 5.36. The number of unbranched alkanes of at least 4 members (excludes halogenated alkanes) is 1. The summed E-state index contributed by atoms with van der Waals surface area (Å²) in [5.74, 6) is -0.373. The van der Waals surface area contributed by atoms with Crippen molar-refractivity contribution >= 4 is 5.97 Å². The second-order valence-corrected chi connectivity index (χ2v) is 3.30. The molecule has 3 N–H and O–H groups in total. The van der Waals surface area contributed by atoms with E-state index in [-0.39, 0.29) is 19.0 Å². The number of rotatable bonds is 9. The van der Waals surface area contributed by atoms with Gasteiger partial charge in [-0.15, -0.1) is 0 Å². The van der Waals surface area contributed by atoms with Crippen molar-refractivity contribution in [3.8, 4) is 0 Å². The molecule has 0 radical (unpaired) electrons. The lowest BCUT2D eigenvalue weighted by Crippen LogP contribution is -2.30. The molecule has 0 saturated heterocycles. The summed E-state index contributed by atoms with van der Waals surface area (Å²) in [5, 5.41) is 20.9. The van der Waals surface area contributed by atoms with Gasteiger partial charge in [-0.05, 0) is 26.3 Å². The Kier molecular flexibility index (Phi) is 9.46. The van der Waals surface area contributed by atoms with E-state index in [0.29, 0.717) is 13.2 Å². The summed E-state index contributed by atoms with van der Waals surface area (Å²) >= 11 is 0. The number of carbonyl (C=O) groups excluding carboxylic acids is 1. The molecule has 5 heteroatoms. The molecule has 1 atom stereocenters. The van der Waals surface area contributed by atoms with Crippen LogP contribution in [0.15, 0.2) is 0 Å². The van der Waals surface area contributed by atoms with Gasteiger partial charge in [0, 0.05) is 13.2 Å². The maximum Gasteiger partial charge on any atom is 0.308 e. The Morgan fingerprint density at radius 2 is 2.20 bits per heavy atom. The highest BCUT2D eigenvalue weighted by molar-refractivity contribution is 5.69. The fourth-order valence-electron chi connectivity index (χ4n) is 1.11. The van der Waals surface area contributed by atoms with Crippen LogP contribution < -0.4 is 5.32 Å². The minimum atomic E-state index is -0.696. The van der Waals surface area contributed by atoms with Crippen LogP contribution in [0.1, 0.15) is 26.2 Å². The molecule has 0 aliphatic heterocycles. The summed E-state index contributed by atoms with van der Waals surface area (Å²) in [6, 6.07) is 0. The third-order valence-electron chi connectivity index (χ3n) is 1.85. The lowest BCUT2D eigenvalue weighted by Gasteiger charge is -2.10. The topological polar surface area (TPSA) is 78.8 Å². The van der Waals surface area contributed by atoms with E-state index in [1.165, 1.54) is 0 Å². The molecule has 0 rings (SSSR count). The monoisotopic (exact) mass is 219 g/mol. The van der Waals surface area contributed by atoms with Crippen molar-refractivity contribution in [2.45, 2.75) is 32.3 Å². The van der Waals surface area contributed by atoms with E-state index < -0.39 is 6.10 Å². The first-order valence-corrected chi connectivity index (χ1v) is 5.36. The highest BCUT2D eigenvalue weighted by Crippen LogP contribution is 1.94. The van der Waals surface area contributed by atoms with Crippen molar-refractivity contribution < 1.29 is 19.7 Å². The Morgan fingerprint density at radius 1 is 1.47 bits per heavy atom. The fourth-order valence-corrected chi connectivity index (χ4v) is 1.11. The molecule has 0 bridgehead atoms. The van der Waals surface area contributed by atoms with Crippen LogP contribution in [0.5, 0.6) is 0 Å². The molecule has 0 aromatic rings. The van der Waals surface area contributed by atoms with Gasteiger partial charge < -0.3 is 20.3 Å². The lowest BCUT2D eigenvalue weighted by molar-refractivity contribution is -0.145. The second-order valence-electron chi connectivity index (χ2n) is 3.30. The second kappa shape index (κ2) is 9.89. The summed E-state index contributed by atoms with van der Waals surface area (Å²) in [5.41, 5.74) is 0. The van der Waals surface area contributed by atoms with Crippen molar-refractivity contribution in [2.75, 3.05) is 26.3 Å². The average Bonchev–Trinajstić information content (AvgIpc) is 2.17. The minimum absolute atomic E-state index is 0.0286. The summed E-state index contributed by atoms with van der Waals surface area (Å²) in [6.07, 6.45) is 0.947. The number of ether oxygens (including phenoxy) is 1. The smallest absolute Gasteiger partial charge is 0.308 e. The quantitative estimate of drug-likeness (QED) is 0.365. The number of carbonyl (C=O) groups is 1. The predicted molar refractivity (Wildman–Crippen MR) is 56.4 cm³/mol. The van der Waals surface area contributed by atoms with E-state index in [9.17, 15) is 9.90 Å². The number of nitrogens with one attached hydrogen (secondary N) is 1. The molecule has 0 aliphatic carbocycles. The molecule has 0 aromatic heterocycles. The highest BCUT2D eigenvalue weighted by atomic mass is 16.5. The van der Waals surface area contributed by atoms with Gasteiger partial charge in [0.15, 0.2) is 0 Å². The SMILES string of the molecule is CCOC(=O)CC(O)CNCCCCO. The van der Waals surface area contributed by atoms with Crippen molar-refractivity contribution in [1.82, 2.24) is 5.32 Å². The van der Waals surface area contributed by atoms with Crippen molar-refractivity contribution in [2.24, 2.45) is 0 Å². The van der Waals surface area contributed by atoms with E-state index in [1.807, 2.05) is 0 Å². The number of hydrogen-bond donors (Lipinski definition) is 3. The third-order valence-corrected chi connectivity index (χ3v) is 1.85. The molecule has 0 saturated carbocycles. The minimum Gasteiger partial charge on any atom is -0.466 e. The van der Waals surface area contributed by atoms with Gasteiger partial charge in [0.1, 0.15) is 0 Å². The van der Waals surface area contributed by atoms with Gasteiger partial charge in [-0.25, -0.2) is 0 Å². The molecule has 5 nitrogen and oxygen atoms in total. The van der Waals surface area contributed by atoms with E-state index >= 15 is 0 Å². The predicted octanol–water partition coefficient (Wildman–Crippen LogP) is -0.337. The van der Waals surface area contributed by atoms with Crippen LogP contribution in [0.3, 0.4) is 0 Å². The molecule has 1 unspecified atom stereocenters. The number of hydrogen-bond acceptors (Lipinski definition) is 5. The molecule has 15 heavy (non-hydrogen) atoms. The standard InChI is InChI=1S/C10H21NO4/c1-2-15-10(14)7-9(13)8-11-5-3-4-6-12/h9,11-13H,2-8H2,1H3. The van der Waals surface area contributed by atoms with Gasteiger partial charge in [0.2, 0.25) is 0 Å². The summed E-state index contributed by atoms with van der Waals surface area (Å²) < 4.78 is 4.70. The molecule has 0 aliphatic rings. The number of esters is 1. The van der Waals surface area contributed by atoms with Gasteiger partial charge >= 0.3 is 5.97 Å². The van der Waals surface area contributed by atoms with Crippen LogP contribution in [0.25, 0.3) is 0 Å². The molecular formula is C10H21NO4. The lowest BCUT2D eigenvalue weighted by atomic mass is 10.2. The Balaban J connectivity index is 3.32. The van der Waals surface area contributed by atoms with E-state index in [4.69, 9.17) is 9.84 Å². The molecule has 0 aromatic carbocycles. The Morgan fingerprint density at radius 3 is 2.80 bits per heavy atom. The zero-order valence-electron chi connectivity index (χ0n) is 9.24. The normalized spacial score (nSPS) is 12.5. The fraction of sp³-hybridized carbons (Fsp3) is 0.900. The van der Waals surface area contributed by atoms with Gasteiger partial charge in [-0.1, -0.05) is 0 Å². The molecule has 90 valence electrons. The van der Waals surface area contributed by atoms with E-state index in [1.54, 1.807) is 6.92 Å². The van der Waals surface area contributed by atoms with Gasteiger partial charge in [-0.3, -0.25) is 4.79 Å². The Labute approximate surface area is 90.4 Å². The van der Waals surface area contributed by atoms with Crippen molar-refractivity contribution in [3.63, 3.8) is 0 Å². The molecule has 0 heterocycles. The van der Waals surface area contributed by atoms with Crippen LogP contribution in [-0.2, 0) is 9.53 Å². The van der Waals surface area contributed by atoms with Crippen LogP contribution in [-0.4, -0.2) is 48.6 Å². The highest BCUT2D eigenvalue weighted by Gasteiger charge is 2.10. The first kappa shape index (κ1) is 14.3. The Bertz CT molecular complexity index is 164. The molecule has 0 spiro atoms. The molecule has 0 fully saturated rings. The zero-order chi connectivity index (χ0) is 11.5. The van der Waals surface area contributed by atoms with E-state index in [2.05, 4.69) is 5.32 Å². The summed E-state index contributed by atoms with van der Waals surface area (Å²) in [6.45, 7) is 3.38.